The van der Waals surface area contributed by atoms with Crippen molar-refractivity contribution in [1.82, 2.24) is 4.90 Å². The molecule has 4 rings (SSSR count). The number of halogens is 2. The van der Waals surface area contributed by atoms with Crippen LogP contribution in [0.1, 0.15) is 15.9 Å². The number of carbonyl (C=O) groups is 1. The Morgan fingerprint density at radius 1 is 0.931 bits per heavy atom. The van der Waals surface area contributed by atoms with Crippen LogP contribution in [0.15, 0.2) is 66.7 Å². The molecule has 0 bridgehead atoms. The number of aldehydes is 1. The molecular weight excluding hydrogens is 387 g/mol. The summed E-state index contributed by atoms with van der Waals surface area (Å²) in [6.07, 6.45) is 0.670. The van der Waals surface area contributed by atoms with Crippen molar-refractivity contribution >= 4 is 23.6 Å². The Kier molecular flexibility index (Phi) is 5.93. The van der Waals surface area contributed by atoms with E-state index in [1.54, 1.807) is 12.1 Å². The average molecular weight is 409 g/mol. The van der Waals surface area contributed by atoms with Gasteiger partial charge in [-0.1, -0.05) is 48.0 Å². The fourth-order valence-corrected chi connectivity index (χ4v) is 3.94. The molecule has 1 fully saturated rings. The standard InChI is InChI=1S/C24H22ClFN2O/c25-21-8-6-19(7-9-21)22-4-2-1-3-20(22)16-27-11-13-28(14-12-27)24-10-5-18(17-29)15-23(24)26/h1-10,15,17H,11-14,16H2. The smallest absolute Gasteiger partial charge is 0.150 e. The summed E-state index contributed by atoms with van der Waals surface area (Å²) in [6, 6.07) is 21.0. The molecule has 0 radical (unpaired) electrons. The van der Waals surface area contributed by atoms with Gasteiger partial charge in [0.1, 0.15) is 12.1 Å². The Balaban J connectivity index is 1.44. The molecule has 0 amide bonds. The zero-order chi connectivity index (χ0) is 20.2. The van der Waals surface area contributed by atoms with Crippen LogP contribution in [-0.4, -0.2) is 37.4 Å². The van der Waals surface area contributed by atoms with Gasteiger partial charge < -0.3 is 4.90 Å². The molecule has 0 spiro atoms. The van der Waals surface area contributed by atoms with E-state index in [1.165, 1.54) is 17.2 Å². The molecule has 0 atom stereocenters. The van der Waals surface area contributed by atoms with Crippen molar-refractivity contribution in [3.05, 3.63) is 88.7 Å². The molecule has 3 aromatic rings. The van der Waals surface area contributed by atoms with Crippen LogP contribution in [0.5, 0.6) is 0 Å². The molecule has 5 heteroatoms. The summed E-state index contributed by atoms with van der Waals surface area (Å²) < 4.78 is 14.3. The van der Waals surface area contributed by atoms with E-state index in [2.05, 4.69) is 29.2 Å². The molecule has 3 nitrogen and oxygen atoms in total. The Bertz CT molecular complexity index is 998. The van der Waals surface area contributed by atoms with Gasteiger partial charge in [-0.25, -0.2) is 4.39 Å². The number of hydrogen-bond donors (Lipinski definition) is 0. The van der Waals surface area contributed by atoms with Crippen LogP contribution in [0.2, 0.25) is 5.02 Å². The lowest BCUT2D eigenvalue weighted by atomic mass is 9.99. The molecule has 1 saturated heterocycles. The maximum Gasteiger partial charge on any atom is 0.150 e. The number of hydrogen-bond acceptors (Lipinski definition) is 3. The van der Waals surface area contributed by atoms with Crippen molar-refractivity contribution in [3.63, 3.8) is 0 Å². The molecule has 1 aliphatic heterocycles. The SMILES string of the molecule is O=Cc1ccc(N2CCN(Cc3ccccc3-c3ccc(Cl)cc3)CC2)c(F)c1. The van der Waals surface area contributed by atoms with E-state index in [0.717, 1.165) is 43.3 Å². The minimum atomic E-state index is -0.337. The molecule has 0 saturated carbocycles. The highest BCUT2D eigenvalue weighted by Crippen LogP contribution is 2.27. The first kappa shape index (κ1) is 19.6. The predicted molar refractivity (Wildman–Crippen MR) is 116 cm³/mol. The Labute approximate surface area is 175 Å². The van der Waals surface area contributed by atoms with Gasteiger partial charge in [-0.2, -0.15) is 0 Å². The van der Waals surface area contributed by atoms with E-state index in [9.17, 15) is 9.18 Å². The first-order valence-electron chi connectivity index (χ1n) is 9.70. The van der Waals surface area contributed by atoms with Gasteiger partial charge in [0, 0.05) is 43.3 Å². The number of carbonyl (C=O) groups excluding carboxylic acids is 1. The Morgan fingerprint density at radius 3 is 2.34 bits per heavy atom. The second-order valence-electron chi connectivity index (χ2n) is 7.26. The Hall–Kier alpha value is -2.69. The molecule has 0 N–H and O–H groups in total. The molecular formula is C24H22ClFN2O. The summed E-state index contributed by atoms with van der Waals surface area (Å²) in [7, 11) is 0. The van der Waals surface area contributed by atoms with Gasteiger partial charge >= 0.3 is 0 Å². The summed E-state index contributed by atoms with van der Waals surface area (Å²) in [6.45, 7) is 4.05. The number of piperazine rings is 1. The zero-order valence-corrected chi connectivity index (χ0v) is 16.8. The summed E-state index contributed by atoms with van der Waals surface area (Å²) in [5.41, 5.74) is 4.56. The van der Waals surface area contributed by atoms with Gasteiger partial charge in [0.15, 0.2) is 0 Å². The van der Waals surface area contributed by atoms with Crippen molar-refractivity contribution in [3.8, 4) is 11.1 Å². The van der Waals surface area contributed by atoms with Gasteiger partial charge in [-0.3, -0.25) is 9.69 Å². The minimum absolute atomic E-state index is 0.337. The van der Waals surface area contributed by atoms with Crippen LogP contribution in [0.3, 0.4) is 0 Å². The van der Waals surface area contributed by atoms with E-state index in [1.807, 2.05) is 29.2 Å². The molecule has 148 valence electrons. The largest absolute Gasteiger partial charge is 0.367 e. The molecule has 29 heavy (non-hydrogen) atoms. The van der Waals surface area contributed by atoms with Crippen molar-refractivity contribution in [2.24, 2.45) is 0 Å². The normalized spacial score (nSPS) is 14.8. The van der Waals surface area contributed by atoms with Crippen LogP contribution in [0.4, 0.5) is 10.1 Å². The number of nitrogens with zero attached hydrogens (tertiary/aromatic N) is 2. The average Bonchev–Trinajstić information content (AvgIpc) is 2.75. The maximum absolute atomic E-state index is 14.3. The van der Waals surface area contributed by atoms with Crippen molar-refractivity contribution in [2.45, 2.75) is 6.54 Å². The highest BCUT2D eigenvalue weighted by Gasteiger charge is 2.20. The van der Waals surface area contributed by atoms with Gasteiger partial charge in [0.2, 0.25) is 0 Å². The highest BCUT2D eigenvalue weighted by molar-refractivity contribution is 6.30. The molecule has 1 heterocycles. The minimum Gasteiger partial charge on any atom is -0.367 e. The quantitative estimate of drug-likeness (QED) is 0.536. The highest BCUT2D eigenvalue weighted by atomic mass is 35.5. The molecule has 0 aliphatic carbocycles. The van der Waals surface area contributed by atoms with Crippen LogP contribution in [0.25, 0.3) is 11.1 Å². The lowest BCUT2D eigenvalue weighted by Crippen LogP contribution is -2.46. The van der Waals surface area contributed by atoms with Crippen LogP contribution in [0, 0.1) is 5.82 Å². The number of benzene rings is 3. The van der Waals surface area contributed by atoms with Crippen LogP contribution in [-0.2, 0) is 6.54 Å². The summed E-state index contributed by atoms with van der Waals surface area (Å²) in [5, 5.41) is 0.732. The summed E-state index contributed by atoms with van der Waals surface area (Å²) >= 11 is 6.03. The van der Waals surface area contributed by atoms with Gasteiger partial charge in [-0.15, -0.1) is 0 Å². The third kappa shape index (κ3) is 4.50. The van der Waals surface area contributed by atoms with E-state index in [-0.39, 0.29) is 5.82 Å². The van der Waals surface area contributed by atoms with Crippen LogP contribution >= 0.6 is 11.6 Å². The molecule has 1 aliphatic rings. The summed E-state index contributed by atoms with van der Waals surface area (Å²) in [4.78, 5) is 15.3. The number of anilines is 1. The lowest BCUT2D eigenvalue weighted by molar-refractivity contribution is 0.112. The van der Waals surface area contributed by atoms with E-state index >= 15 is 0 Å². The van der Waals surface area contributed by atoms with Crippen molar-refractivity contribution in [1.29, 1.82) is 0 Å². The Morgan fingerprint density at radius 2 is 1.66 bits per heavy atom. The van der Waals surface area contributed by atoms with Crippen molar-refractivity contribution < 1.29 is 9.18 Å². The fraction of sp³-hybridized carbons (Fsp3) is 0.208. The van der Waals surface area contributed by atoms with E-state index < -0.39 is 0 Å². The first-order valence-corrected chi connectivity index (χ1v) is 10.1. The third-order valence-corrected chi connectivity index (χ3v) is 5.64. The van der Waals surface area contributed by atoms with Gasteiger partial charge in [0.25, 0.3) is 0 Å². The second-order valence-corrected chi connectivity index (χ2v) is 7.69. The van der Waals surface area contributed by atoms with E-state index in [0.29, 0.717) is 17.5 Å². The monoisotopic (exact) mass is 408 g/mol. The van der Waals surface area contributed by atoms with E-state index in [4.69, 9.17) is 11.6 Å². The predicted octanol–water partition coefficient (Wildman–Crippen LogP) is 5.28. The lowest BCUT2D eigenvalue weighted by Gasteiger charge is -2.36. The fourth-order valence-electron chi connectivity index (χ4n) is 3.81. The van der Waals surface area contributed by atoms with Gasteiger partial charge in [0.05, 0.1) is 5.69 Å². The zero-order valence-electron chi connectivity index (χ0n) is 16.0. The second kappa shape index (κ2) is 8.76. The third-order valence-electron chi connectivity index (χ3n) is 5.39. The molecule has 0 unspecified atom stereocenters. The topological polar surface area (TPSA) is 23.6 Å². The first-order chi connectivity index (χ1) is 14.1. The maximum atomic E-state index is 14.3. The molecule has 3 aromatic carbocycles. The molecule has 0 aromatic heterocycles. The van der Waals surface area contributed by atoms with Crippen molar-refractivity contribution in [2.75, 3.05) is 31.1 Å². The van der Waals surface area contributed by atoms with Gasteiger partial charge in [-0.05, 0) is 47.0 Å². The number of rotatable bonds is 5. The summed E-state index contributed by atoms with van der Waals surface area (Å²) in [5.74, 6) is -0.337. The van der Waals surface area contributed by atoms with Crippen LogP contribution < -0.4 is 4.90 Å².